The van der Waals surface area contributed by atoms with Crippen LogP contribution in [0.3, 0.4) is 0 Å². The van der Waals surface area contributed by atoms with E-state index in [1.54, 1.807) is 10.7 Å². The number of aromatic nitrogens is 4. The molecule has 0 aliphatic rings. The molecule has 1 aromatic heterocycles. The van der Waals surface area contributed by atoms with Crippen LogP contribution in [0.2, 0.25) is 5.02 Å². The van der Waals surface area contributed by atoms with Gasteiger partial charge in [0.1, 0.15) is 0 Å². The van der Waals surface area contributed by atoms with Crippen molar-refractivity contribution >= 4 is 49.1 Å². The summed E-state index contributed by atoms with van der Waals surface area (Å²) in [7, 11) is 0. The van der Waals surface area contributed by atoms with Crippen molar-refractivity contribution in [1.29, 1.82) is 0 Å². The van der Waals surface area contributed by atoms with E-state index in [-0.39, 0.29) is 0 Å². The summed E-state index contributed by atoms with van der Waals surface area (Å²) in [5, 5.41) is 12.4. The molecule has 0 amide bonds. The fraction of sp³-hybridized carbons (Fsp3) is 0. The monoisotopic (exact) mass is 427 g/mol. The largest absolute Gasteiger partial charge is 0.399 e. The van der Waals surface area contributed by atoms with Gasteiger partial charge in [0.2, 0.25) is 0 Å². The fourth-order valence-corrected chi connectivity index (χ4v) is 3.04. The van der Waals surface area contributed by atoms with E-state index in [2.05, 4.69) is 47.4 Å². The second-order valence-electron chi connectivity index (χ2n) is 4.26. The molecule has 3 rings (SSSR count). The predicted molar refractivity (Wildman–Crippen MR) is 89.4 cm³/mol. The molecule has 0 aliphatic carbocycles. The van der Waals surface area contributed by atoms with E-state index in [0.717, 1.165) is 20.2 Å². The Morgan fingerprint density at radius 2 is 1.95 bits per heavy atom. The summed E-state index contributed by atoms with van der Waals surface area (Å²) in [4.78, 5) is 0. The lowest BCUT2D eigenvalue weighted by Gasteiger charge is -2.08. The van der Waals surface area contributed by atoms with Crippen LogP contribution in [-0.4, -0.2) is 20.2 Å². The third-order valence-corrected chi connectivity index (χ3v) is 4.64. The number of tetrazole rings is 1. The first kappa shape index (κ1) is 14.5. The lowest BCUT2D eigenvalue weighted by atomic mass is 10.2. The van der Waals surface area contributed by atoms with Gasteiger partial charge in [0.15, 0.2) is 5.82 Å². The highest BCUT2D eigenvalue weighted by atomic mass is 79.9. The smallest absolute Gasteiger partial charge is 0.187 e. The van der Waals surface area contributed by atoms with Gasteiger partial charge in [0.25, 0.3) is 0 Å². The van der Waals surface area contributed by atoms with E-state index in [1.165, 1.54) is 0 Å². The number of hydrogen-bond donors (Lipinski definition) is 1. The van der Waals surface area contributed by atoms with Crippen molar-refractivity contribution in [3.05, 3.63) is 50.4 Å². The van der Waals surface area contributed by atoms with Crippen LogP contribution in [0.1, 0.15) is 0 Å². The summed E-state index contributed by atoms with van der Waals surface area (Å²) >= 11 is 13.0. The Hall–Kier alpha value is -1.44. The molecule has 0 radical (unpaired) electrons. The molecular weight excluding hydrogens is 421 g/mol. The zero-order valence-corrected chi connectivity index (χ0v) is 14.4. The van der Waals surface area contributed by atoms with Crippen LogP contribution in [0.5, 0.6) is 0 Å². The van der Waals surface area contributed by atoms with Crippen molar-refractivity contribution in [2.45, 2.75) is 0 Å². The van der Waals surface area contributed by atoms with Gasteiger partial charge < -0.3 is 5.73 Å². The molecular formula is C13H8Br2ClN5. The third kappa shape index (κ3) is 2.81. The zero-order valence-electron chi connectivity index (χ0n) is 10.5. The van der Waals surface area contributed by atoms with Gasteiger partial charge >= 0.3 is 0 Å². The molecule has 0 fully saturated rings. The number of nitrogens with zero attached hydrogens (tertiary/aromatic N) is 4. The number of nitrogens with two attached hydrogens (primary N) is 1. The number of anilines is 1. The van der Waals surface area contributed by atoms with Crippen LogP contribution in [0.4, 0.5) is 5.69 Å². The molecule has 0 saturated heterocycles. The number of hydrogen-bond acceptors (Lipinski definition) is 4. The van der Waals surface area contributed by atoms with Gasteiger partial charge in [-0.05, 0) is 56.7 Å². The molecule has 2 aromatic carbocycles. The highest BCUT2D eigenvalue weighted by Crippen LogP contribution is 2.31. The topological polar surface area (TPSA) is 69.6 Å². The summed E-state index contributed by atoms with van der Waals surface area (Å²) in [6.45, 7) is 0. The van der Waals surface area contributed by atoms with E-state index in [1.807, 2.05) is 30.3 Å². The minimum absolute atomic E-state index is 0.575. The van der Waals surface area contributed by atoms with Gasteiger partial charge in [0.05, 0.1) is 15.2 Å². The van der Waals surface area contributed by atoms with Crippen molar-refractivity contribution in [3.63, 3.8) is 0 Å². The van der Waals surface area contributed by atoms with E-state index in [9.17, 15) is 0 Å². The van der Waals surface area contributed by atoms with Crippen LogP contribution < -0.4 is 5.73 Å². The SMILES string of the molecule is Nc1cc(Br)cc(-c2nnnn2-c2cccc(Cl)c2Br)c1. The molecule has 5 nitrogen and oxygen atoms in total. The van der Waals surface area contributed by atoms with Crippen molar-refractivity contribution in [2.75, 3.05) is 5.73 Å². The Morgan fingerprint density at radius 3 is 2.71 bits per heavy atom. The van der Waals surface area contributed by atoms with Crippen molar-refractivity contribution in [1.82, 2.24) is 20.2 Å². The Bertz CT molecular complexity index is 798. The number of nitrogen functional groups attached to an aromatic ring is 1. The fourth-order valence-electron chi connectivity index (χ4n) is 1.93. The van der Waals surface area contributed by atoms with Gasteiger partial charge in [-0.2, -0.15) is 4.68 Å². The minimum atomic E-state index is 0.575. The highest BCUT2D eigenvalue weighted by Gasteiger charge is 2.15. The molecule has 2 N–H and O–H groups in total. The number of benzene rings is 2. The molecule has 21 heavy (non-hydrogen) atoms. The van der Waals surface area contributed by atoms with Crippen LogP contribution in [0.15, 0.2) is 45.3 Å². The standard InChI is InChI=1S/C13H8Br2ClN5/c14-8-4-7(5-9(17)6-8)13-18-19-20-21(13)11-3-1-2-10(16)12(11)15/h1-6H,17H2. The normalized spacial score (nSPS) is 10.8. The summed E-state index contributed by atoms with van der Waals surface area (Å²) < 4.78 is 3.19. The van der Waals surface area contributed by atoms with E-state index in [0.29, 0.717) is 16.5 Å². The van der Waals surface area contributed by atoms with E-state index < -0.39 is 0 Å². The zero-order chi connectivity index (χ0) is 15.0. The first-order valence-corrected chi connectivity index (χ1v) is 7.82. The average molecular weight is 430 g/mol. The lowest BCUT2D eigenvalue weighted by Crippen LogP contribution is -2.01. The van der Waals surface area contributed by atoms with Crippen molar-refractivity contribution in [2.24, 2.45) is 0 Å². The molecule has 0 bridgehead atoms. The van der Waals surface area contributed by atoms with Crippen LogP contribution in [-0.2, 0) is 0 Å². The first-order chi connectivity index (χ1) is 10.1. The number of rotatable bonds is 2. The summed E-state index contributed by atoms with van der Waals surface area (Å²) in [6, 6.07) is 11.0. The molecule has 0 saturated carbocycles. The Labute approximate surface area is 142 Å². The van der Waals surface area contributed by atoms with Gasteiger partial charge in [0, 0.05) is 15.7 Å². The molecule has 8 heteroatoms. The quantitative estimate of drug-likeness (QED) is 0.623. The summed E-state index contributed by atoms with van der Waals surface area (Å²) in [5.74, 6) is 0.575. The maximum atomic E-state index is 6.12. The van der Waals surface area contributed by atoms with Crippen molar-refractivity contribution in [3.8, 4) is 17.1 Å². The molecule has 3 aromatic rings. The molecule has 0 atom stereocenters. The second kappa shape index (κ2) is 5.75. The highest BCUT2D eigenvalue weighted by molar-refractivity contribution is 9.11. The average Bonchev–Trinajstić information content (AvgIpc) is 2.90. The van der Waals surface area contributed by atoms with Crippen LogP contribution in [0.25, 0.3) is 17.1 Å². The first-order valence-electron chi connectivity index (χ1n) is 5.85. The van der Waals surface area contributed by atoms with Gasteiger partial charge in [-0.15, -0.1) is 5.10 Å². The molecule has 0 spiro atoms. The predicted octanol–water partition coefficient (Wildman–Crippen LogP) is 4.09. The van der Waals surface area contributed by atoms with Gasteiger partial charge in [-0.25, -0.2) is 0 Å². The Kier molecular flexibility index (Phi) is 3.97. The third-order valence-electron chi connectivity index (χ3n) is 2.81. The summed E-state index contributed by atoms with van der Waals surface area (Å²) in [6.07, 6.45) is 0. The van der Waals surface area contributed by atoms with Crippen LogP contribution in [0, 0.1) is 0 Å². The molecule has 0 aliphatic heterocycles. The van der Waals surface area contributed by atoms with Gasteiger partial charge in [-0.3, -0.25) is 0 Å². The molecule has 106 valence electrons. The Balaban J connectivity index is 2.19. The summed E-state index contributed by atoms with van der Waals surface area (Å²) in [5.41, 5.74) is 8.05. The van der Waals surface area contributed by atoms with E-state index >= 15 is 0 Å². The molecule has 1 heterocycles. The van der Waals surface area contributed by atoms with Crippen LogP contribution >= 0.6 is 43.5 Å². The van der Waals surface area contributed by atoms with Gasteiger partial charge in [-0.1, -0.05) is 33.6 Å². The maximum absolute atomic E-state index is 6.12. The number of halogens is 3. The minimum Gasteiger partial charge on any atom is -0.399 e. The lowest BCUT2D eigenvalue weighted by molar-refractivity contribution is 0.789. The second-order valence-corrected chi connectivity index (χ2v) is 6.38. The maximum Gasteiger partial charge on any atom is 0.187 e. The van der Waals surface area contributed by atoms with E-state index in [4.69, 9.17) is 17.3 Å². The van der Waals surface area contributed by atoms with Crippen molar-refractivity contribution < 1.29 is 0 Å². The molecule has 0 unspecified atom stereocenters. The Morgan fingerprint density at radius 1 is 1.14 bits per heavy atom.